The summed E-state index contributed by atoms with van der Waals surface area (Å²) in [5.74, 6) is 0.0354. The molecular weight excluding hydrogens is 188 g/mol. The van der Waals surface area contributed by atoms with E-state index in [1.165, 1.54) is 0 Å². The maximum Gasteiger partial charge on any atom is 0.133 e. The van der Waals surface area contributed by atoms with E-state index < -0.39 is 0 Å². The van der Waals surface area contributed by atoms with Gasteiger partial charge in [0.1, 0.15) is 11.8 Å². The molecule has 0 fully saturated rings. The molecule has 2 N–H and O–H groups in total. The number of nitrogens with one attached hydrogen (secondary N) is 1. The van der Waals surface area contributed by atoms with Crippen LogP contribution in [-0.4, -0.2) is 18.7 Å². The molecule has 0 saturated heterocycles. The predicted molar refractivity (Wildman–Crippen MR) is 60.4 cm³/mol. The van der Waals surface area contributed by atoms with Crippen molar-refractivity contribution < 1.29 is 5.11 Å². The molecule has 0 aliphatic carbocycles. The van der Waals surface area contributed by atoms with E-state index in [1.54, 1.807) is 12.1 Å². The first-order valence-corrected chi connectivity index (χ1v) is 4.82. The molecule has 0 aliphatic rings. The first-order chi connectivity index (χ1) is 7.27. The van der Waals surface area contributed by atoms with Gasteiger partial charge < -0.3 is 10.4 Å². The fraction of sp³-hybridized carbons (Fsp3) is 0.250. The average molecular weight is 202 g/mol. The molecule has 78 valence electrons. The number of hydrogen-bond acceptors (Lipinski definition) is 3. The molecule has 0 aliphatic heterocycles. The highest BCUT2D eigenvalue weighted by molar-refractivity contribution is 5.55. The van der Waals surface area contributed by atoms with Crippen LogP contribution in [0.25, 0.3) is 6.08 Å². The van der Waals surface area contributed by atoms with E-state index in [4.69, 9.17) is 5.26 Å². The molecule has 0 spiro atoms. The number of nitriles is 1. The summed E-state index contributed by atoms with van der Waals surface area (Å²) in [6.07, 6.45) is 4.90. The molecule has 0 saturated carbocycles. The van der Waals surface area contributed by atoms with Gasteiger partial charge in [0, 0.05) is 0 Å². The van der Waals surface area contributed by atoms with Crippen molar-refractivity contribution in [3.63, 3.8) is 0 Å². The van der Waals surface area contributed by atoms with Crippen LogP contribution in [0.3, 0.4) is 0 Å². The van der Waals surface area contributed by atoms with Gasteiger partial charge >= 0.3 is 0 Å². The third-order valence-corrected chi connectivity index (χ3v) is 2.01. The Labute approximate surface area is 89.7 Å². The Bertz CT molecular complexity index is 391. The number of phenolic OH excluding ortho intramolecular Hbond substituents is 1. The van der Waals surface area contributed by atoms with Gasteiger partial charge in [-0.1, -0.05) is 18.2 Å². The standard InChI is InChI=1S/C12H14N2O/c1-14-7-3-2-4-10-5-6-11(9-13)12(15)8-10/h2,4-6,8,14-15H,3,7H2,1H3. The minimum atomic E-state index is 0.0354. The van der Waals surface area contributed by atoms with Crippen molar-refractivity contribution in [1.29, 1.82) is 5.26 Å². The van der Waals surface area contributed by atoms with Gasteiger partial charge in [-0.15, -0.1) is 0 Å². The zero-order valence-corrected chi connectivity index (χ0v) is 8.70. The van der Waals surface area contributed by atoms with Crippen molar-refractivity contribution >= 4 is 6.08 Å². The fourth-order valence-electron chi connectivity index (χ4n) is 1.19. The molecule has 15 heavy (non-hydrogen) atoms. The highest BCUT2D eigenvalue weighted by atomic mass is 16.3. The average Bonchev–Trinajstić information content (AvgIpc) is 2.25. The molecule has 1 aromatic rings. The van der Waals surface area contributed by atoms with Gasteiger partial charge in [0.15, 0.2) is 0 Å². The zero-order valence-electron chi connectivity index (χ0n) is 8.70. The van der Waals surface area contributed by atoms with Crippen LogP contribution in [0.4, 0.5) is 0 Å². The normalized spacial score (nSPS) is 10.4. The Morgan fingerprint density at radius 3 is 2.93 bits per heavy atom. The lowest BCUT2D eigenvalue weighted by Crippen LogP contribution is -2.05. The van der Waals surface area contributed by atoms with Crippen LogP contribution in [0, 0.1) is 11.3 Å². The fourth-order valence-corrected chi connectivity index (χ4v) is 1.19. The van der Waals surface area contributed by atoms with Crippen molar-refractivity contribution in [3.8, 4) is 11.8 Å². The second kappa shape index (κ2) is 5.84. The van der Waals surface area contributed by atoms with E-state index in [-0.39, 0.29) is 5.75 Å². The smallest absolute Gasteiger partial charge is 0.133 e. The molecule has 0 amide bonds. The summed E-state index contributed by atoms with van der Waals surface area (Å²) < 4.78 is 0. The largest absolute Gasteiger partial charge is 0.507 e. The van der Waals surface area contributed by atoms with E-state index in [0.29, 0.717) is 5.56 Å². The number of hydrogen-bond donors (Lipinski definition) is 2. The van der Waals surface area contributed by atoms with Crippen LogP contribution >= 0.6 is 0 Å². The van der Waals surface area contributed by atoms with Gasteiger partial charge in [0.25, 0.3) is 0 Å². The molecule has 3 heteroatoms. The molecule has 3 nitrogen and oxygen atoms in total. The Morgan fingerprint density at radius 1 is 1.53 bits per heavy atom. The summed E-state index contributed by atoms with van der Waals surface area (Å²) in [7, 11) is 1.90. The number of phenols is 1. The highest BCUT2D eigenvalue weighted by Gasteiger charge is 1.98. The van der Waals surface area contributed by atoms with Gasteiger partial charge in [-0.3, -0.25) is 0 Å². The zero-order chi connectivity index (χ0) is 11.1. The van der Waals surface area contributed by atoms with Crippen LogP contribution in [0.5, 0.6) is 5.75 Å². The molecule has 0 bridgehead atoms. The maximum atomic E-state index is 9.43. The van der Waals surface area contributed by atoms with Gasteiger partial charge in [-0.05, 0) is 37.7 Å². The van der Waals surface area contributed by atoms with Gasteiger partial charge in [-0.25, -0.2) is 0 Å². The second-order valence-electron chi connectivity index (χ2n) is 3.18. The van der Waals surface area contributed by atoms with Crippen LogP contribution in [0.2, 0.25) is 0 Å². The SMILES string of the molecule is CNCCC=Cc1ccc(C#N)c(O)c1. The van der Waals surface area contributed by atoms with Crippen molar-refractivity contribution in [2.75, 3.05) is 13.6 Å². The molecule has 0 unspecified atom stereocenters. The Balaban J connectivity index is 2.68. The number of nitrogens with zero attached hydrogens (tertiary/aromatic N) is 1. The molecule has 0 aromatic heterocycles. The monoisotopic (exact) mass is 202 g/mol. The second-order valence-corrected chi connectivity index (χ2v) is 3.18. The van der Waals surface area contributed by atoms with Crippen molar-refractivity contribution in [2.45, 2.75) is 6.42 Å². The van der Waals surface area contributed by atoms with Crippen molar-refractivity contribution in [3.05, 3.63) is 35.4 Å². The number of benzene rings is 1. The van der Waals surface area contributed by atoms with Gasteiger partial charge in [-0.2, -0.15) is 5.26 Å². The lowest BCUT2D eigenvalue weighted by atomic mass is 10.1. The Hall–Kier alpha value is -1.79. The minimum absolute atomic E-state index is 0.0354. The van der Waals surface area contributed by atoms with Crippen molar-refractivity contribution in [2.24, 2.45) is 0 Å². The third-order valence-electron chi connectivity index (χ3n) is 2.01. The molecule has 0 heterocycles. The summed E-state index contributed by atoms with van der Waals surface area (Å²) in [5.41, 5.74) is 1.21. The van der Waals surface area contributed by atoms with Gasteiger partial charge in [0.05, 0.1) is 5.56 Å². The summed E-state index contributed by atoms with van der Waals surface area (Å²) in [5, 5.41) is 21.1. The van der Waals surface area contributed by atoms with Crippen LogP contribution in [0.1, 0.15) is 17.5 Å². The van der Waals surface area contributed by atoms with E-state index >= 15 is 0 Å². The number of rotatable bonds is 4. The summed E-state index contributed by atoms with van der Waals surface area (Å²) in [4.78, 5) is 0. The predicted octanol–water partition coefficient (Wildman–Crippen LogP) is 1.89. The molecule has 1 aromatic carbocycles. The first kappa shape index (κ1) is 11.3. The Morgan fingerprint density at radius 2 is 2.33 bits per heavy atom. The summed E-state index contributed by atoms with van der Waals surface area (Å²) in [6, 6.07) is 6.94. The maximum absolute atomic E-state index is 9.43. The van der Waals surface area contributed by atoms with Crippen molar-refractivity contribution in [1.82, 2.24) is 5.32 Å². The lowest BCUT2D eigenvalue weighted by Gasteiger charge is -1.98. The Kier molecular flexibility index (Phi) is 4.39. The highest BCUT2D eigenvalue weighted by Crippen LogP contribution is 2.18. The first-order valence-electron chi connectivity index (χ1n) is 4.82. The van der Waals surface area contributed by atoms with E-state index in [2.05, 4.69) is 5.32 Å². The molecule has 1 rings (SSSR count). The topological polar surface area (TPSA) is 56.0 Å². The number of aromatic hydroxyl groups is 1. The summed E-state index contributed by atoms with van der Waals surface area (Å²) in [6.45, 7) is 0.929. The van der Waals surface area contributed by atoms with E-state index in [9.17, 15) is 5.11 Å². The van der Waals surface area contributed by atoms with Crippen LogP contribution in [0.15, 0.2) is 24.3 Å². The third kappa shape index (κ3) is 3.45. The van der Waals surface area contributed by atoms with E-state index in [0.717, 1.165) is 18.5 Å². The quantitative estimate of drug-likeness (QED) is 0.733. The lowest BCUT2D eigenvalue weighted by molar-refractivity contribution is 0.473. The molecular formula is C12H14N2O. The van der Waals surface area contributed by atoms with Crippen LogP contribution in [-0.2, 0) is 0 Å². The summed E-state index contributed by atoms with van der Waals surface area (Å²) >= 11 is 0. The molecule has 0 radical (unpaired) electrons. The molecule has 0 atom stereocenters. The van der Waals surface area contributed by atoms with E-state index in [1.807, 2.05) is 31.3 Å². The van der Waals surface area contributed by atoms with Crippen LogP contribution < -0.4 is 5.32 Å². The van der Waals surface area contributed by atoms with Gasteiger partial charge in [0.2, 0.25) is 0 Å². The minimum Gasteiger partial charge on any atom is -0.507 e.